The molecule has 150 valence electrons. The van der Waals surface area contributed by atoms with E-state index in [1.165, 1.54) is 19.2 Å². The van der Waals surface area contributed by atoms with Crippen LogP contribution in [0.4, 0.5) is 11.4 Å². The molecule has 0 spiro atoms. The minimum absolute atomic E-state index is 0. The van der Waals surface area contributed by atoms with Crippen LogP contribution in [0.1, 0.15) is 23.2 Å². The van der Waals surface area contributed by atoms with Gasteiger partial charge in [0.2, 0.25) is 0 Å². The highest BCUT2D eigenvalue weighted by Gasteiger charge is 2.42. The maximum absolute atomic E-state index is 13.1. The average Bonchev–Trinajstić information content (AvgIpc) is 3.22. The number of hydrogen-bond donors (Lipinski definition) is 2. The standard InChI is InChI=1S/C17H19N5O5.ClH/c1-27-15(23)12-9-13(11-14(10-12)22(25)26)20-16(24)17(3-6-18-7-4-17)21-8-2-5-19-21;/h2,5,8-11,18H,3-4,6-7H2,1H3,(H,20,24);1H. The lowest BCUT2D eigenvalue weighted by Crippen LogP contribution is -2.52. The molecule has 2 heterocycles. The molecule has 0 aliphatic carbocycles. The van der Waals surface area contributed by atoms with Crippen LogP contribution in [0.2, 0.25) is 0 Å². The van der Waals surface area contributed by atoms with Gasteiger partial charge in [0.15, 0.2) is 0 Å². The first kappa shape index (κ1) is 21.3. The third kappa shape index (κ3) is 4.12. The number of nitrogens with zero attached hydrogens (tertiary/aromatic N) is 3. The van der Waals surface area contributed by atoms with E-state index < -0.39 is 16.4 Å². The van der Waals surface area contributed by atoms with Gasteiger partial charge < -0.3 is 15.4 Å². The number of esters is 1. The summed E-state index contributed by atoms with van der Waals surface area (Å²) < 4.78 is 6.24. The Morgan fingerprint density at radius 3 is 2.61 bits per heavy atom. The third-order valence-electron chi connectivity index (χ3n) is 4.60. The Labute approximate surface area is 166 Å². The largest absolute Gasteiger partial charge is 0.465 e. The van der Waals surface area contributed by atoms with Gasteiger partial charge in [-0.15, -0.1) is 12.4 Å². The van der Waals surface area contributed by atoms with Crippen LogP contribution in [0, 0.1) is 10.1 Å². The van der Waals surface area contributed by atoms with Crippen molar-refractivity contribution in [2.45, 2.75) is 18.4 Å². The monoisotopic (exact) mass is 409 g/mol. The van der Waals surface area contributed by atoms with Crippen LogP contribution in [-0.2, 0) is 15.1 Å². The Balaban J connectivity index is 0.00000280. The van der Waals surface area contributed by atoms with Crippen molar-refractivity contribution >= 4 is 35.7 Å². The van der Waals surface area contributed by atoms with Crippen molar-refractivity contribution in [3.8, 4) is 0 Å². The molecule has 0 unspecified atom stereocenters. The number of hydrogen-bond acceptors (Lipinski definition) is 7. The van der Waals surface area contributed by atoms with E-state index in [2.05, 4.69) is 20.5 Å². The van der Waals surface area contributed by atoms with Crippen LogP contribution in [-0.4, -0.2) is 46.8 Å². The fourth-order valence-corrected chi connectivity index (χ4v) is 3.19. The molecule has 1 fully saturated rings. The second kappa shape index (κ2) is 8.81. The molecule has 1 aliphatic rings. The highest BCUT2D eigenvalue weighted by molar-refractivity contribution is 5.99. The second-order valence-electron chi connectivity index (χ2n) is 6.20. The lowest BCUT2D eigenvalue weighted by molar-refractivity contribution is -0.384. The summed E-state index contributed by atoms with van der Waals surface area (Å²) in [4.78, 5) is 35.5. The van der Waals surface area contributed by atoms with Crippen LogP contribution >= 0.6 is 12.4 Å². The molecule has 2 aromatic rings. The number of aromatic nitrogens is 2. The highest BCUT2D eigenvalue weighted by Crippen LogP contribution is 2.30. The number of piperidine rings is 1. The van der Waals surface area contributed by atoms with Crippen molar-refractivity contribution in [2.24, 2.45) is 0 Å². The number of carbonyl (C=O) groups excluding carboxylic acids is 2. The fourth-order valence-electron chi connectivity index (χ4n) is 3.19. The minimum atomic E-state index is -0.912. The maximum Gasteiger partial charge on any atom is 0.338 e. The molecule has 1 aromatic heterocycles. The van der Waals surface area contributed by atoms with Crippen molar-refractivity contribution < 1.29 is 19.2 Å². The van der Waals surface area contributed by atoms with E-state index in [0.29, 0.717) is 25.9 Å². The maximum atomic E-state index is 13.1. The van der Waals surface area contributed by atoms with Gasteiger partial charge in [0.05, 0.1) is 17.6 Å². The summed E-state index contributed by atoms with van der Waals surface area (Å²) in [6.07, 6.45) is 4.34. The molecule has 2 N–H and O–H groups in total. The SMILES string of the molecule is COC(=O)c1cc(NC(=O)C2(n3cccn3)CCNCC2)cc([N+](=O)[O-])c1.Cl. The molecule has 3 rings (SSSR count). The van der Waals surface area contributed by atoms with Gasteiger partial charge in [-0.05, 0) is 38.1 Å². The van der Waals surface area contributed by atoms with E-state index in [4.69, 9.17) is 0 Å². The van der Waals surface area contributed by atoms with E-state index in [0.717, 1.165) is 6.07 Å². The van der Waals surface area contributed by atoms with Crippen LogP contribution in [0.25, 0.3) is 0 Å². The van der Waals surface area contributed by atoms with Gasteiger partial charge in [0, 0.05) is 30.2 Å². The molecule has 1 aromatic carbocycles. The number of amides is 1. The fraction of sp³-hybridized carbons (Fsp3) is 0.353. The molecule has 1 amide bonds. The third-order valence-corrected chi connectivity index (χ3v) is 4.60. The Morgan fingerprint density at radius 2 is 2.04 bits per heavy atom. The molecular formula is C17H20ClN5O5. The Kier molecular flexibility index (Phi) is 6.71. The van der Waals surface area contributed by atoms with E-state index in [9.17, 15) is 19.7 Å². The number of anilines is 1. The van der Waals surface area contributed by atoms with Crippen molar-refractivity contribution in [3.05, 3.63) is 52.3 Å². The van der Waals surface area contributed by atoms with Crippen LogP contribution in [0.15, 0.2) is 36.7 Å². The summed E-state index contributed by atoms with van der Waals surface area (Å²) in [5, 5.41) is 21.3. The normalized spacial score (nSPS) is 15.2. The number of non-ortho nitro benzene ring substituents is 1. The number of ether oxygens (including phenoxy) is 1. The first-order valence-electron chi connectivity index (χ1n) is 8.36. The highest BCUT2D eigenvalue weighted by atomic mass is 35.5. The summed E-state index contributed by atoms with van der Waals surface area (Å²) in [5.74, 6) is -1.07. The van der Waals surface area contributed by atoms with Gasteiger partial charge in [-0.3, -0.25) is 19.6 Å². The minimum Gasteiger partial charge on any atom is -0.465 e. The van der Waals surface area contributed by atoms with Gasteiger partial charge in [0.1, 0.15) is 5.54 Å². The summed E-state index contributed by atoms with van der Waals surface area (Å²) >= 11 is 0. The van der Waals surface area contributed by atoms with Crippen LogP contribution < -0.4 is 10.6 Å². The van der Waals surface area contributed by atoms with Gasteiger partial charge in [-0.1, -0.05) is 0 Å². The van der Waals surface area contributed by atoms with Crippen LogP contribution in [0.5, 0.6) is 0 Å². The zero-order valence-electron chi connectivity index (χ0n) is 15.1. The van der Waals surface area contributed by atoms with Crippen molar-refractivity contribution in [2.75, 3.05) is 25.5 Å². The number of benzene rings is 1. The number of methoxy groups -OCH3 is 1. The number of halogens is 1. The van der Waals surface area contributed by atoms with Gasteiger partial charge in [-0.25, -0.2) is 4.79 Å². The Bertz CT molecular complexity index is 865. The smallest absolute Gasteiger partial charge is 0.338 e. The van der Waals surface area contributed by atoms with Crippen molar-refractivity contribution in [1.29, 1.82) is 0 Å². The number of nitro groups is 1. The number of carbonyl (C=O) groups is 2. The average molecular weight is 410 g/mol. The molecule has 1 aliphatic heterocycles. The summed E-state index contributed by atoms with van der Waals surface area (Å²) in [5.41, 5.74) is -1.09. The molecule has 0 bridgehead atoms. The number of rotatable bonds is 5. The van der Waals surface area contributed by atoms with Crippen LogP contribution in [0.3, 0.4) is 0 Å². The molecule has 0 radical (unpaired) electrons. The first-order chi connectivity index (χ1) is 13.0. The topological polar surface area (TPSA) is 128 Å². The molecule has 1 saturated heterocycles. The Hall–Kier alpha value is -2.98. The zero-order valence-corrected chi connectivity index (χ0v) is 15.9. The molecule has 11 heteroatoms. The van der Waals surface area contributed by atoms with Crippen molar-refractivity contribution in [1.82, 2.24) is 15.1 Å². The predicted molar refractivity (Wildman–Crippen MR) is 103 cm³/mol. The quantitative estimate of drug-likeness (QED) is 0.437. The van der Waals surface area contributed by atoms with Crippen molar-refractivity contribution in [3.63, 3.8) is 0 Å². The molecule has 0 saturated carbocycles. The van der Waals surface area contributed by atoms with E-state index in [1.807, 2.05) is 0 Å². The first-order valence-corrected chi connectivity index (χ1v) is 8.36. The number of nitro benzene ring substituents is 1. The van der Waals surface area contributed by atoms with E-state index in [-0.39, 0.29) is 35.3 Å². The summed E-state index contributed by atoms with van der Waals surface area (Å²) in [6.45, 7) is 1.27. The molecule has 10 nitrogen and oxygen atoms in total. The Morgan fingerprint density at radius 1 is 1.32 bits per heavy atom. The number of nitrogens with one attached hydrogen (secondary N) is 2. The van der Waals surface area contributed by atoms with E-state index in [1.54, 1.807) is 23.1 Å². The lowest BCUT2D eigenvalue weighted by atomic mass is 9.87. The zero-order chi connectivity index (χ0) is 19.4. The summed E-state index contributed by atoms with van der Waals surface area (Å²) in [7, 11) is 1.18. The molecule has 28 heavy (non-hydrogen) atoms. The van der Waals surface area contributed by atoms with E-state index >= 15 is 0 Å². The second-order valence-corrected chi connectivity index (χ2v) is 6.20. The summed E-state index contributed by atoms with van der Waals surface area (Å²) in [6, 6.07) is 5.41. The van der Waals surface area contributed by atoms with Gasteiger partial charge >= 0.3 is 5.97 Å². The van der Waals surface area contributed by atoms with Gasteiger partial charge in [0.25, 0.3) is 11.6 Å². The lowest BCUT2D eigenvalue weighted by Gasteiger charge is -2.36. The predicted octanol–water partition coefficient (Wildman–Crippen LogP) is 1.72. The molecule has 0 atom stereocenters. The molecular weight excluding hydrogens is 390 g/mol. The van der Waals surface area contributed by atoms with Gasteiger partial charge in [-0.2, -0.15) is 5.10 Å².